The van der Waals surface area contributed by atoms with Crippen molar-refractivity contribution in [2.24, 2.45) is 0 Å². The van der Waals surface area contributed by atoms with Crippen molar-refractivity contribution in [2.75, 3.05) is 0 Å². The minimum atomic E-state index is -0.932. The summed E-state index contributed by atoms with van der Waals surface area (Å²) in [6, 6.07) is 4.47. The lowest BCUT2D eigenvalue weighted by molar-refractivity contribution is -0.143. The Kier molecular flexibility index (Phi) is 3.12. The maximum Gasteiger partial charge on any atom is 0.313 e. The Morgan fingerprint density at radius 3 is 2.53 bits per heavy atom. The lowest BCUT2D eigenvalue weighted by Crippen LogP contribution is -2.31. The van der Waals surface area contributed by atoms with Gasteiger partial charge in [0.15, 0.2) is 0 Å². The summed E-state index contributed by atoms with van der Waals surface area (Å²) in [5.41, 5.74) is 0.197. The standard InChI is InChI=1S/C12H15FO2/c1-4-12(3,11(14)15)9-5-6-10(13)8(2)7-9/h5-7H,4H2,1-3H3,(H,14,15). The third-order valence-electron chi connectivity index (χ3n) is 2.97. The summed E-state index contributed by atoms with van der Waals surface area (Å²) < 4.78 is 13.0. The number of aliphatic carboxylic acids is 1. The van der Waals surface area contributed by atoms with Gasteiger partial charge in [0.05, 0.1) is 5.41 Å². The van der Waals surface area contributed by atoms with Crippen LogP contribution in [0.4, 0.5) is 4.39 Å². The number of carboxylic acid groups (broad SMARTS) is 1. The number of benzene rings is 1. The fourth-order valence-electron chi connectivity index (χ4n) is 1.47. The van der Waals surface area contributed by atoms with Gasteiger partial charge in [0.25, 0.3) is 0 Å². The smallest absolute Gasteiger partial charge is 0.313 e. The Bertz CT molecular complexity index is 387. The topological polar surface area (TPSA) is 37.3 Å². The molecule has 0 heterocycles. The summed E-state index contributed by atoms with van der Waals surface area (Å²) in [4.78, 5) is 11.2. The summed E-state index contributed by atoms with van der Waals surface area (Å²) in [5, 5.41) is 9.15. The predicted octanol–water partition coefficient (Wildman–Crippen LogP) is 2.89. The summed E-state index contributed by atoms with van der Waals surface area (Å²) in [7, 11) is 0. The van der Waals surface area contributed by atoms with E-state index in [1.54, 1.807) is 26.0 Å². The third-order valence-corrected chi connectivity index (χ3v) is 2.97. The largest absolute Gasteiger partial charge is 0.481 e. The molecule has 1 unspecified atom stereocenters. The molecule has 0 aliphatic carbocycles. The van der Waals surface area contributed by atoms with Gasteiger partial charge in [-0.05, 0) is 37.5 Å². The Morgan fingerprint density at radius 2 is 2.13 bits per heavy atom. The molecular formula is C12H15FO2. The van der Waals surface area contributed by atoms with Crippen LogP contribution in [0.5, 0.6) is 0 Å². The molecule has 3 heteroatoms. The average Bonchev–Trinajstić information content (AvgIpc) is 2.20. The SMILES string of the molecule is CCC(C)(C(=O)O)c1ccc(F)c(C)c1. The number of hydrogen-bond donors (Lipinski definition) is 1. The molecule has 0 amide bonds. The lowest BCUT2D eigenvalue weighted by atomic mass is 9.79. The molecule has 1 rings (SSSR count). The molecule has 0 fully saturated rings. The summed E-state index contributed by atoms with van der Waals surface area (Å²) in [6.07, 6.45) is 0.480. The van der Waals surface area contributed by atoms with E-state index in [1.807, 2.05) is 6.92 Å². The van der Waals surface area contributed by atoms with Crippen LogP contribution in [-0.4, -0.2) is 11.1 Å². The molecule has 0 radical (unpaired) electrons. The minimum absolute atomic E-state index is 0.303. The van der Waals surface area contributed by atoms with Gasteiger partial charge in [0.2, 0.25) is 0 Å². The molecule has 1 atom stereocenters. The number of halogens is 1. The van der Waals surface area contributed by atoms with Gasteiger partial charge in [0, 0.05) is 0 Å². The number of rotatable bonds is 3. The Hall–Kier alpha value is -1.38. The highest BCUT2D eigenvalue weighted by molar-refractivity contribution is 5.80. The van der Waals surface area contributed by atoms with Crippen molar-refractivity contribution in [2.45, 2.75) is 32.6 Å². The van der Waals surface area contributed by atoms with E-state index in [2.05, 4.69) is 0 Å². The van der Waals surface area contributed by atoms with E-state index in [1.165, 1.54) is 6.07 Å². The van der Waals surface area contributed by atoms with E-state index in [9.17, 15) is 9.18 Å². The van der Waals surface area contributed by atoms with Gasteiger partial charge in [-0.2, -0.15) is 0 Å². The first-order chi connectivity index (χ1) is 6.91. The van der Waals surface area contributed by atoms with Gasteiger partial charge in [-0.25, -0.2) is 4.39 Å². The Labute approximate surface area is 88.7 Å². The molecule has 82 valence electrons. The van der Waals surface area contributed by atoms with E-state index in [0.29, 0.717) is 17.5 Å². The molecule has 0 aromatic heterocycles. The Balaban J connectivity index is 3.25. The van der Waals surface area contributed by atoms with Crippen molar-refractivity contribution in [3.63, 3.8) is 0 Å². The van der Waals surface area contributed by atoms with Gasteiger partial charge < -0.3 is 5.11 Å². The quantitative estimate of drug-likeness (QED) is 0.832. The number of aryl methyl sites for hydroxylation is 1. The van der Waals surface area contributed by atoms with E-state index >= 15 is 0 Å². The zero-order valence-electron chi connectivity index (χ0n) is 9.17. The van der Waals surface area contributed by atoms with Gasteiger partial charge >= 0.3 is 5.97 Å². The maximum atomic E-state index is 13.0. The first-order valence-electron chi connectivity index (χ1n) is 4.92. The molecular weight excluding hydrogens is 195 g/mol. The van der Waals surface area contributed by atoms with Crippen molar-refractivity contribution in [3.8, 4) is 0 Å². The second kappa shape index (κ2) is 4.01. The van der Waals surface area contributed by atoms with Gasteiger partial charge in [-0.15, -0.1) is 0 Å². The fraction of sp³-hybridized carbons (Fsp3) is 0.417. The number of hydrogen-bond acceptors (Lipinski definition) is 1. The lowest BCUT2D eigenvalue weighted by Gasteiger charge is -2.23. The molecule has 1 N–H and O–H groups in total. The number of carbonyl (C=O) groups is 1. The molecule has 1 aromatic rings. The highest BCUT2D eigenvalue weighted by atomic mass is 19.1. The number of carboxylic acids is 1. The van der Waals surface area contributed by atoms with E-state index in [-0.39, 0.29) is 5.82 Å². The van der Waals surface area contributed by atoms with E-state index in [0.717, 1.165) is 0 Å². The van der Waals surface area contributed by atoms with Crippen molar-refractivity contribution >= 4 is 5.97 Å². The van der Waals surface area contributed by atoms with Crippen LogP contribution in [0.1, 0.15) is 31.4 Å². The van der Waals surface area contributed by atoms with Crippen LogP contribution >= 0.6 is 0 Å². The molecule has 0 spiro atoms. The van der Waals surface area contributed by atoms with Gasteiger partial charge in [-0.1, -0.05) is 19.1 Å². The summed E-state index contributed by atoms with van der Waals surface area (Å²) >= 11 is 0. The highest BCUT2D eigenvalue weighted by Crippen LogP contribution is 2.28. The molecule has 2 nitrogen and oxygen atoms in total. The van der Waals surface area contributed by atoms with Crippen LogP contribution in [0.15, 0.2) is 18.2 Å². The van der Waals surface area contributed by atoms with E-state index < -0.39 is 11.4 Å². The predicted molar refractivity (Wildman–Crippen MR) is 56.4 cm³/mol. The summed E-state index contributed by atoms with van der Waals surface area (Å²) in [5.74, 6) is -1.18. The van der Waals surface area contributed by atoms with Crippen LogP contribution in [0.3, 0.4) is 0 Å². The third kappa shape index (κ3) is 2.01. The fourth-order valence-corrected chi connectivity index (χ4v) is 1.47. The zero-order valence-corrected chi connectivity index (χ0v) is 9.17. The van der Waals surface area contributed by atoms with Crippen LogP contribution in [0, 0.1) is 12.7 Å². The van der Waals surface area contributed by atoms with Crippen LogP contribution in [-0.2, 0) is 10.2 Å². The Morgan fingerprint density at radius 1 is 1.53 bits per heavy atom. The van der Waals surface area contributed by atoms with Crippen molar-refractivity contribution < 1.29 is 14.3 Å². The van der Waals surface area contributed by atoms with Crippen molar-refractivity contribution in [1.29, 1.82) is 0 Å². The summed E-state index contributed by atoms with van der Waals surface area (Å²) in [6.45, 7) is 5.10. The monoisotopic (exact) mass is 210 g/mol. The minimum Gasteiger partial charge on any atom is -0.481 e. The molecule has 1 aromatic carbocycles. The van der Waals surface area contributed by atoms with E-state index in [4.69, 9.17) is 5.11 Å². The normalized spacial score (nSPS) is 14.7. The van der Waals surface area contributed by atoms with Crippen LogP contribution in [0.25, 0.3) is 0 Å². The van der Waals surface area contributed by atoms with Crippen LogP contribution < -0.4 is 0 Å². The average molecular weight is 210 g/mol. The van der Waals surface area contributed by atoms with Gasteiger partial charge in [-0.3, -0.25) is 4.79 Å². The zero-order chi connectivity index (χ0) is 11.6. The molecule has 15 heavy (non-hydrogen) atoms. The second-order valence-electron chi connectivity index (χ2n) is 3.95. The maximum absolute atomic E-state index is 13.0. The molecule has 0 aliphatic heterocycles. The molecule has 0 aliphatic rings. The molecule has 0 saturated carbocycles. The highest BCUT2D eigenvalue weighted by Gasteiger charge is 2.33. The first-order valence-corrected chi connectivity index (χ1v) is 4.92. The van der Waals surface area contributed by atoms with Crippen LogP contribution in [0.2, 0.25) is 0 Å². The second-order valence-corrected chi connectivity index (χ2v) is 3.95. The van der Waals surface area contributed by atoms with Crippen molar-refractivity contribution in [3.05, 3.63) is 35.1 Å². The molecule has 0 saturated heterocycles. The van der Waals surface area contributed by atoms with Crippen molar-refractivity contribution in [1.82, 2.24) is 0 Å². The first kappa shape index (κ1) is 11.7. The van der Waals surface area contributed by atoms with Gasteiger partial charge in [0.1, 0.15) is 5.82 Å². The molecule has 0 bridgehead atoms.